The van der Waals surface area contributed by atoms with Crippen LogP contribution < -0.4 is 5.32 Å². The van der Waals surface area contributed by atoms with Crippen molar-refractivity contribution in [2.24, 2.45) is 5.41 Å². The van der Waals surface area contributed by atoms with Crippen molar-refractivity contribution in [2.75, 3.05) is 11.9 Å². The van der Waals surface area contributed by atoms with E-state index in [1.54, 1.807) is 0 Å². The summed E-state index contributed by atoms with van der Waals surface area (Å²) in [5, 5.41) is 19.6. The Morgan fingerprint density at radius 1 is 1.11 bits per heavy atom. The predicted octanol–water partition coefficient (Wildman–Crippen LogP) is 5.29. The van der Waals surface area contributed by atoms with Crippen molar-refractivity contribution in [3.8, 4) is 11.4 Å². The normalized spacial score (nSPS) is 12.8. The average Bonchev–Trinajstić information content (AvgIpc) is 3.14. The Hall–Kier alpha value is -2.66. The Balaban J connectivity index is 1.70. The lowest BCUT2D eigenvalue weighted by molar-refractivity contribution is 0.288. The second kappa shape index (κ2) is 8.57. The molecule has 0 bridgehead atoms. The van der Waals surface area contributed by atoms with Gasteiger partial charge in [-0.15, -0.1) is 5.10 Å². The Kier molecular flexibility index (Phi) is 6.15. The molecule has 148 valence electrons. The maximum absolute atomic E-state index is 9.01. The van der Waals surface area contributed by atoms with E-state index in [1.807, 2.05) is 12.1 Å². The van der Waals surface area contributed by atoms with Crippen molar-refractivity contribution >= 4 is 11.6 Å². The van der Waals surface area contributed by atoms with Crippen molar-refractivity contribution in [1.82, 2.24) is 15.2 Å². The molecule has 1 atom stereocenters. The van der Waals surface area contributed by atoms with Crippen LogP contribution in [0.3, 0.4) is 0 Å². The zero-order valence-electron chi connectivity index (χ0n) is 17.2. The number of anilines is 2. The number of hydrogen-bond donors (Lipinski definition) is 3. The maximum Gasteiger partial charge on any atom is 0.246 e. The lowest BCUT2D eigenvalue weighted by Gasteiger charge is -2.27. The van der Waals surface area contributed by atoms with Crippen molar-refractivity contribution in [3.63, 3.8) is 0 Å². The van der Waals surface area contributed by atoms with E-state index in [2.05, 4.69) is 84.6 Å². The molecule has 0 aliphatic carbocycles. The number of rotatable bonds is 7. The molecule has 1 aromatic heterocycles. The zero-order valence-corrected chi connectivity index (χ0v) is 17.2. The highest BCUT2D eigenvalue weighted by atomic mass is 16.2. The van der Waals surface area contributed by atoms with E-state index in [0.717, 1.165) is 29.9 Å². The van der Waals surface area contributed by atoms with Crippen LogP contribution in [-0.2, 0) is 6.42 Å². The molecule has 3 rings (SSSR count). The van der Waals surface area contributed by atoms with Gasteiger partial charge in [-0.1, -0.05) is 58.0 Å². The van der Waals surface area contributed by atoms with Crippen LogP contribution in [0.15, 0.2) is 48.5 Å². The molecule has 0 aliphatic rings. The first-order valence-corrected chi connectivity index (χ1v) is 9.86. The average molecular weight is 379 g/mol. The number of benzene rings is 2. The standard InChI is InChI=1S/C23H30N4O/c1-16(23(2,3)4)18-10-12-20(13-11-18)24-22-25-21(26-27-22)19-9-5-7-17(15-19)8-6-14-28/h5,7,9-13,15-16,28H,6,8,14H2,1-4H3,(H2,24,25,26,27). The zero-order chi connectivity index (χ0) is 20.1. The highest BCUT2D eigenvalue weighted by Gasteiger charge is 2.21. The first-order valence-electron chi connectivity index (χ1n) is 9.86. The second-order valence-electron chi connectivity index (χ2n) is 8.37. The number of nitrogens with one attached hydrogen (secondary N) is 2. The minimum absolute atomic E-state index is 0.202. The third-order valence-electron chi connectivity index (χ3n) is 5.28. The van der Waals surface area contributed by atoms with Gasteiger partial charge in [-0.3, -0.25) is 5.10 Å². The Bertz CT molecular complexity index is 893. The fourth-order valence-corrected chi connectivity index (χ4v) is 3.09. The lowest BCUT2D eigenvalue weighted by atomic mass is 9.78. The summed E-state index contributed by atoms with van der Waals surface area (Å²) in [7, 11) is 0. The van der Waals surface area contributed by atoms with Gasteiger partial charge in [0.2, 0.25) is 5.95 Å². The summed E-state index contributed by atoms with van der Waals surface area (Å²) in [4.78, 5) is 4.57. The molecular formula is C23H30N4O. The summed E-state index contributed by atoms with van der Waals surface area (Å²) in [5.74, 6) is 1.76. The number of aliphatic hydroxyl groups excluding tert-OH is 1. The Morgan fingerprint density at radius 3 is 2.54 bits per heavy atom. The molecule has 3 aromatic rings. The summed E-state index contributed by atoms with van der Waals surface area (Å²) in [6, 6.07) is 16.6. The van der Waals surface area contributed by atoms with Gasteiger partial charge in [-0.2, -0.15) is 4.98 Å². The van der Waals surface area contributed by atoms with Crippen LogP contribution in [0.5, 0.6) is 0 Å². The van der Waals surface area contributed by atoms with Crippen LogP contribution in [0.4, 0.5) is 11.6 Å². The van der Waals surface area contributed by atoms with E-state index in [4.69, 9.17) is 5.11 Å². The number of aryl methyl sites for hydroxylation is 1. The number of aromatic nitrogens is 3. The summed E-state index contributed by atoms with van der Waals surface area (Å²) in [6.45, 7) is 9.25. The van der Waals surface area contributed by atoms with Gasteiger partial charge in [0.05, 0.1) is 0 Å². The Labute approximate surface area is 167 Å². The maximum atomic E-state index is 9.01. The topological polar surface area (TPSA) is 73.8 Å². The van der Waals surface area contributed by atoms with Gasteiger partial charge < -0.3 is 10.4 Å². The van der Waals surface area contributed by atoms with Gasteiger partial charge in [-0.05, 0) is 53.5 Å². The molecule has 1 heterocycles. The molecule has 2 aromatic carbocycles. The SMILES string of the molecule is CC(c1ccc(Nc2n[nH]c(-c3cccc(CCCO)c3)n2)cc1)C(C)(C)C. The monoisotopic (exact) mass is 378 g/mol. The molecule has 0 amide bonds. The van der Waals surface area contributed by atoms with Gasteiger partial charge in [0.15, 0.2) is 5.82 Å². The van der Waals surface area contributed by atoms with Gasteiger partial charge >= 0.3 is 0 Å². The molecular weight excluding hydrogens is 348 g/mol. The lowest BCUT2D eigenvalue weighted by Crippen LogP contribution is -2.15. The molecule has 3 N–H and O–H groups in total. The summed E-state index contributed by atoms with van der Waals surface area (Å²) in [5.41, 5.74) is 4.70. The van der Waals surface area contributed by atoms with E-state index in [-0.39, 0.29) is 12.0 Å². The van der Waals surface area contributed by atoms with E-state index in [9.17, 15) is 0 Å². The Morgan fingerprint density at radius 2 is 1.86 bits per heavy atom. The largest absolute Gasteiger partial charge is 0.396 e. The molecule has 0 fully saturated rings. The van der Waals surface area contributed by atoms with E-state index < -0.39 is 0 Å². The third kappa shape index (κ3) is 4.98. The fourth-order valence-electron chi connectivity index (χ4n) is 3.09. The third-order valence-corrected chi connectivity index (χ3v) is 5.28. The molecule has 0 spiro atoms. The first-order chi connectivity index (χ1) is 13.4. The van der Waals surface area contributed by atoms with Crippen LogP contribution in [0, 0.1) is 5.41 Å². The van der Waals surface area contributed by atoms with Gasteiger partial charge in [0, 0.05) is 17.9 Å². The number of aliphatic hydroxyl groups is 1. The smallest absolute Gasteiger partial charge is 0.246 e. The van der Waals surface area contributed by atoms with Crippen molar-refractivity contribution in [2.45, 2.75) is 46.5 Å². The van der Waals surface area contributed by atoms with Crippen LogP contribution in [0.25, 0.3) is 11.4 Å². The number of H-pyrrole nitrogens is 1. The molecule has 0 saturated heterocycles. The summed E-state index contributed by atoms with van der Waals surface area (Å²) in [6.07, 6.45) is 1.61. The van der Waals surface area contributed by atoms with E-state index >= 15 is 0 Å². The van der Waals surface area contributed by atoms with Gasteiger partial charge in [-0.25, -0.2) is 0 Å². The van der Waals surface area contributed by atoms with Gasteiger partial charge in [0.1, 0.15) is 0 Å². The predicted molar refractivity (Wildman–Crippen MR) is 115 cm³/mol. The molecule has 5 heteroatoms. The minimum Gasteiger partial charge on any atom is -0.396 e. The summed E-state index contributed by atoms with van der Waals surface area (Å²) < 4.78 is 0. The highest BCUT2D eigenvalue weighted by molar-refractivity contribution is 5.60. The summed E-state index contributed by atoms with van der Waals surface area (Å²) >= 11 is 0. The van der Waals surface area contributed by atoms with Crippen LogP contribution in [-0.4, -0.2) is 26.9 Å². The number of nitrogens with zero attached hydrogens (tertiary/aromatic N) is 2. The number of aromatic amines is 1. The van der Waals surface area contributed by atoms with E-state index in [0.29, 0.717) is 11.9 Å². The molecule has 28 heavy (non-hydrogen) atoms. The van der Waals surface area contributed by atoms with Gasteiger partial charge in [0.25, 0.3) is 0 Å². The first kappa shape index (κ1) is 20.1. The number of hydrogen-bond acceptors (Lipinski definition) is 4. The van der Waals surface area contributed by atoms with Crippen LogP contribution in [0.1, 0.15) is 51.2 Å². The van der Waals surface area contributed by atoms with Crippen molar-refractivity contribution in [1.29, 1.82) is 0 Å². The fraction of sp³-hybridized carbons (Fsp3) is 0.391. The molecule has 5 nitrogen and oxygen atoms in total. The minimum atomic E-state index is 0.202. The molecule has 0 aliphatic heterocycles. The molecule has 1 unspecified atom stereocenters. The van der Waals surface area contributed by atoms with Crippen LogP contribution in [0.2, 0.25) is 0 Å². The van der Waals surface area contributed by atoms with Crippen molar-refractivity contribution in [3.05, 3.63) is 59.7 Å². The molecule has 0 radical (unpaired) electrons. The molecule has 0 saturated carbocycles. The van der Waals surface area contributed by atoms with Crippen molar-refractivity contribution < 1.29 is 5.11 Å². The van der Waals surface area contributed by atoms with E-state index in [1.165, 1.54) is 11.1 Å². The highest BCUT2D eigenvalue weighted by Crippen LogP contribution is 2.34. The quantitative estimate of drug-likeness (QED) is 0.522. The van der Waals surface area contributed by atoms with Crippen LogP contribution >= 0.6 is 0 Å². The second-order valence-corrected chi connectivity index (χ2v) is 8.37.